The number of hydrogen-bond donors (Lipinski definition) is 1. The van der Waals surface area contributed by atoms with Gasteiger partial charge in [0.1, 0.15) is 53.1 Å². The Balaban J connectivity index is 0.000000216. The third kappa shape index (κ3) is 14.1. The van der Waals surface area contributed by atoms with Gasteiger partial charge in [0.05, 0.1) is 12.2 Å². The summed E-state index contributed by atoms with van der Waals surface area (Å²) in [6.45, 7) is 14.7. The molecule has 0 aliphatic carbocycles. The van der Waals surface area contributed by atoms with E-state index in [0.29, 0.717) is 46.6 Å². The lowest BCUT2D eigenvalue weighted by molar-refractivity contribution is -0.152. The molecule has 0 spiro atoms. The van der Waals surface area contributed by atoms with Gasteiger partial charge < -0.3 is 52.5 Å². The summed E-state index contributed by atoms with van der Waals surface area (Å²) in [5.74, 6) is -2.49. The predicted octanol–water partition coefficient (Wildman–Crippen LogP) is 11.0. The fraction of sp³-hybridized carbons (Fsp3) is 0.417. The van der Waals surface area contributed by atoms with Crippen LogP contribution in [0.25, 0.3) is 34.4 Å². The fourth-order valence-corrected chi connectivity index (χ4v) is 9.01. The van der Waals surface area contributed by atoms with Crippen molar-refractivity contribution in [2.45, 2.75) is 123 Å². The highest BCUT2D eigenvalue weighted by atomic mass is 16.8. The standard InChI is InChI=1S/C30H36O7.C30H34O7/c2*1-19-14-15-24(31)28-25(36-30(3,4)37-28)13-9-12-22-16-23(21-10-7-6-8-11-21)17-26(34-18-33-5)27(22)29(32)35-20(19)2/h6-12,14-17,19-20,24-25,28,31H,13,18H2,1-5H3;6-12,14-17,19-20,25,28H,13,18H2,1-5H3/b2*12-9+,15-14-/t19-,20+,24?,25+,28-;19-,20+,25+,28-/m11/s1. The van der Waals surface area contributed by atoms with Crippen LogP contribution in [0.3, 0.4) is 0 Å². The van der Waals surface area contributed by atoms with E-state index < -0.39 is 60.1 Å². The molecule has 1 unspecified atom stereocenters. The normalized spacial score (nSPS) is 28.4. The molecule has 4 heterocycles. The summed E-state index contributed by atoms with van der Waals surface area (Å²) >= 11 is 0. The van der Waals surface area contributed by atoms with Gasteiger partial charge in [-0.15, -0.1) is 0 Å². The van der Waals surface area contributed by atoms with Crippen LogP contribution in [0.1, 0.15) is 100 Å². The third-order valence-corrected chi connectivity index (χ3v) is 13.1. The summed E-state index contributed by atoms with van der Waals surface area (Å²) < 4.78 is 57.9. The molecular formula is C60H70O14. The van der Waals surface area contributed by atoms with E-state index in [9.17, 15) is 19.5 Å². The molecule has 2 fully saturated rings. The molecule has 1 N–H and O–H groups in total. The molecule has 0 radical (unpaired) electrons. The van der Waals surface area contributed by atoms with Gasteiger partial charge in [0.15, 0.2) is 30.9 Å². The van der Waals surface area contributed by atoms with Gasteiger partial charge in [-0.3, -0.25) is 4.79 Å². The number of hydrogen-bond acceptors (Lipinski definition) is 14. The van der Waals surface area contributed by atoms with E-state index in [4.69, 9.17) is 47.4 Å². The number of cyclic esters (lactones) is 2. The Bertz CT molecular complexity index is 2690. The Labute approximate surface area is 434 Å². The van der Waals surface area contributed by atoms with Crippen LogP contribution in [-0.2, 0) is 42.7 Å². The summed E-state index contributed by atoms with van der Waals surface area (Å²) in [7, 11) is 3.06. The Hall–Kier alpha value is -6.23. The number of methoxy groups -OCH3 is 2. The summed E-state index contributed by atoms with van der Waals surface area (Å²) in [6, 6.07) is 27.2. The van der Waals surface area contributed by atoms with Crippen molar-refractivity contribution in [1.82, 2.24) is 0 Å². The third-order valence-electron chi connectivity index (χ3n) is 13.1. The van der Waals surface area contributed by atoms with E-state index >= 15 is 0 Å². The zero-order valence-corrected chi connectivity index (χ0v) is 44.0. The van der Waals surface area contributed by atoms with Gasteiger partial charge in [-0.1, -0.05) is 117 Å². The van der Waals surface area contributed by atoms with Crippen molar-refractivity contribution in [3.8, 4) is 33.8 Å². The fourth-order valence-electron chi connectivity index (χ4n) is 9.01. The van der Waals surface area contributed by atoms with Crippen LogP contribution in [0, 0.1) is 11.8 Å². The quantitative estimate of drug-likeness (QED) is 0.101. The Morgan fingerprint density at radius 3 is 1.51 bits per heavy atom. The summed E-state index contributed by atoms with van der Waals surface area (Å²) in [5, 5.41) is 10.9. The average Bonchev–Trinajstić information content (AvgIpc) is 3.87. The maximum absolute atomic E-state index is 13.5. The summed E-state index contributed by atoms with van der Waals surface area (Å²) in [4.78, 5) is 39.9. The summed E-state index contributed by atoms with van der Waals surface area (Å²) in [5.41, 5.74) is 5.65. The number of fused-ring (bicyclic) bond motifs is 4. The lowest BCUT2D eigenvalue weighted by Gasteiger charge is -2.23. The minimum absolute atomic E-state index is 0.0156. The molecule has 0 saturated carbocycles. The SMILES string of the molecule is COCOc1cc(-c2ccccc2)cc2c1C(=O)O[C@@H](C)[C@H](C)/C=C\C(=O)[C@H]1OC(C)(C)O[C@H]1C/C=C/2.COCOc1cc(-c2ccccc2)cc2c1C(=O)O[C@@H](C)[C@H](C)/C=C\C(O)[C@H]1OC(C)(C)O[C@H]1C/C=C/2. The van der Waals surface area contributed by atoms with Crippen LogP contribution >= 0.6 is 0 Å². The number of esters is 2. The van der Waals surface area contributed by atoms with E-state index in [0.717, 1.165) is 22.3 Å². The van der Waals surface area contributed by atoms with Gasteiger partial charge in [-0.25, -0.2) is 9.59 Å². The number of carbonyl (C=O) groups excluding carboxylic acids is 3. The van der Waals surface area contributed by atoms with E-state index in [1.807, 2.05) is 150 Å². The monoisotopic (exact) mass is 1010 g/mol. The number of rotatable bonds is 8. The number of ether oxygens (including phenoxy) is 10. The largest absolute Gasteiger partial charge is 0.467 e. The van der Waals surface area contributed by atoms with Gasteiger partial charge in [0.25, 0.3) is 0 Å². The Morgan fingerprint density at radius 1 is 0.554 bits per heavy atom. The molecule has 4 aromatic carbocycles. The lowest BCUT2D eigenvalue weighted by atomic mass is 9.96. The summed E-state index contributed by atoms with van der Waals surface area (Å²) in [6.07, 6.45) is 11.3. The molecular weight excluding hydrogens is 945 g/mol. The highest BCUT2D eigenvalue weighted by Gasteiger charge is 2.45. The van der Waals surface area contributed by atoms with Gasteiger partial charge >= 0.3 is 11.9 Å². The highest BCUT2D eigenvalue weighted by molar-refractivity contribution is 5.99. The molecule has 394 valence electrons. The molecule has 0 aromatic heterocycles. The first-order chi connectivity index (χ1) is 35.4. The number of carbonyl (C=O) groups is 3. The van der Waals surface area contributed by atoms with Crippen molar-refractivity contribution >= 4 is 29.9 Å². The van der Waals surface area contributed by atoms with Gasteiger partial charge in [0, 0.05) is 26.1 Å². The van der Waals surface area contributed by atoms with Gasteiger partial charge in [0.2, 0.25) is 0 Å². The zero-order valence-electron chi connectivity index (χ0n) is 44.0. The molecule has 74 heavy (non-hydrogen) atoms. The van der Waals surface area contributed by atoms with Crippen molar-refractivity contribution < 1.29 is 66.9 Å². The Morgan fingerprint density at radius 2 is 1.01 bits per heavy atom. The topological polar surface area (TPSA) is 164 Å². The predicted molar refractivity (Wildman–Crippen MR) is 281 cm³/mol. The van der Waals surface area contributed by atoms with E-state index in [1.54, 1.807) is 32.9 Å². The maximum atomic E-state index is 13.5. The second-order valence-corrected chi connectivity index (χ2v) is 19.8. The molecule has 0 amide bonds. The number of aliphatic hydroxyl groups is 1. The minimum Gasteiger partial charge on any atom is -0.467 e. The van der Waals surface area contributed by atoms with Crippen LogP contribution in [0.4, 0.5) is 0 Å². The molecule has 14 nitrogen and oxygen atoms in total. The molecule has 0 bridgehead atoms. The zero-order chi connectivity index (χ0) is 53.2. The maximum Gasteiger partial charge on any atom is 0.342 e. The highest BCUT2D eigenvalue weighted by Crippen LogP contribution is 2.38. The van der Waals surface area contributed by atoms with Gasteiger partial charge in [-0.2, -0.15) is 0 Å². The molecule has 8 rings (SSSR count). The second kappa shape index (κ2) is 24.9. The van der Waals surface area contributed by atoms with Crippen LogP contribution in [0.2, 0.25) is 0 Å². The molecule has 9 atom stereocenters. The van der Waals surface area contributed by atoms with Crippen molar-refractivity contribution in [2.75, 3.05) is 27.8 Å². The van der Waals surface area contributed by atoms with Gasteiger partial charge in [-0.05, 0) is 118 Å². The van der Waals surface area contributed by atoms with E-state index in [1.165, 1.54) is 20.3 Å². The Kier molecular flexibility index (Phi) is 18.7. The van der Waals surface area contributed by atoms with E-state index in [2.05, 4.69) is 0 Å². The molecule has 2 saturated heterocycles. The van der Waals surface area contributed by atoms with Crippen LogP contribution in [0.5, 0.6) is 11.5 Å². The molecule has 4 aromatic rings. The lowest BCUT2D eigenvalue weighted by Crippen LogP contribution is -2.34. The van der Waals surface area contributed by atoms with E-state index in [-0.39, 0.29) is 37.3 Å². The molecule has 4 aliphatic rings. The van der Waals surface area contributed by atoms with Crippen molar-refractivity contribution in [3.63, 3.8) is 0 Å². The van der Waals surface area contributed by atoms with Crippen LogP contribution < -0.4 is 9.47 Å². The number of ketones is 1. The van der Waals surface area contributed by atoms with Crippen molar-refractivity contribution in [1.29, 1.82) is 0 Å². The van der Waals surface area contributed by atoms with Crippen LogP contribution in [0.15, 0.2) is 121 Å². The molecule has 14 heteroatoms. The number of aliphatic hydroxyl groups excluding tert-OH is 1. The van der Waals surface area contributed by atoms with Crippen molar-refractivity contribution in [2.24, 2.45) is 11.8 Å². The average molecular weight is 1020 g/mol. The number of benzene rings is 4. The van der Waals surface area contributed by atoms with Crippen LogP contribution in [-0.4, -0.2) is 105 Å². The smallest absolute Gasteiger partial charge is 0.342 e. The first-order valence-electron chi connectivity index (χ1n) is 25.1. The minimum atomic E-state index is -0.877. The first kappa shape index (κ1) is 55.5. The second-order valence-electron chi connectivity index (χ2n) is 19.8. The van der Waals surface area contributed by atoms with Crippen molar-refractivity contribution in [3.05, 3.63) is 144 Å². The first-order valence-corrected chi connectivity index (χ1v) is 25.1. The molecule has 4 aliphatic heterocycles.